The molecule has 23 heavy (non-hydrogen) atoms. The summed E-state index contributed by atoms with van der Waals surface area (Å²) in [5.41, 5.74) is 0.404. The summed E-state index contributed by atoms with van der Waals surface area (Å²) < 4.78 is 0. The van der Waals surface area contributed by atoms with Crippen molar-refractivity contribution in [2.75, 3.05) is 0 Å². The molecule has 0 saturated heterocycles. The zero-order valence-corrected chi connectivity index (χ0v) is 16.1. The van der Waals surface area contributed by atoms with Gasteiger partial charge in [0, 0.05) is 6.42 Å². The van der Waals surface area contributed by atoms with Gasteiger partial charge in [-0.15, -0.1) is 0 Å². The lowest BCUT2D eigenvalue weighted by Crippen LogP contribution is -2.19. The predicted octanol–water partition coefficient (Wildman–Crippen LogP) is 4.88. The van der Waals surface area contributed by atoms with Crippen LogP contribution in [-0.2, 0) is 4.79 Å². The standard InChI is InChI=1S/C20H40O3/c1-6-12-19(2,3)14-10-17(22)8-9-18(23)11-15-20(4,5)13-7-16-21/h16-18,22-23H,6-15H2,1-5H3. The fourth-order valence-corrected chi connectivity index (χ4v) is 3.16. The van der Waals surface area contributed by atoms with E-state index in [1.165, 1.54) is 12.8 Å². The monoisotopic (exact) mass is 328 g/mol. The van der Waals surface area contributed by atoms with Crippen LogP contribution in [0.1, 0.15) is 98.8 Å². The van der Waals surface area contributed by atoms with Crippen LogP contribution in [0.2, 0.25) is 0 Å². The first-order valence-electron chi connectivity index (χ1n) is 9.41. The number of hydrogen-bond donors (Lipinski definition) is 2. The van der Waals surface area contributed by atoms with Gasteiger partial charge in [-0.1, -0.05) is 41.0 Å². The highest BCUT2D eigenvalue weighted by Crippen LogP contribution is 2.30. The largest absolute Gasteiger partial charge is 0.393 e. The third kappa shape index (κ3) is 12.7. The molecular weight excluding hydrogens is 288 g/mol. The predicted molar refractivity (Wildman–Crippen MR) is 97.5 cm³/mol. The van der Waals surface area contributed by atoms with E-state index in [0.717, 1.165) is 38.4 Å². The second-order valence-electron chi connectivity index (χ2n) is 8.75. The maximum Gasteiger partial charge on any atom is 0.120 e. The molecule has 2 atom stereocenters. The van der Waals surface area contributed by atoms with Crippen molar-refractivity contribution < 1.29 is 15.0 Å². The van der Waals surface area contributed by atoms with Crippen molar-refractivity contribution in [1.29, 1.82) is 0 Å². The van der Waals surface area contributed by atoms with Crippen LogP contribution in [0.5, 0.6) is 0 Å². The van der Waals surface area contributed by atoms with Crippen LogP contribution in [0.15, 0.2) is 0 Å². The second-order valence-corrected chi connectivity index (χ2v) is 8.75. The Hall–Kier alpha value is -0.410. The third-order valence-corrected chi connectivity index (χ3v) is 5.01. The Morgan fingerprint density at radius 3 is 1.61 bits per heavy atom. The molecule has 138 valence electrons. The first-order valence-corrected chi connectivity index (χ1v) is 9.41. The van der Waals surface area contributed by atoms with E-state index in [1.807, 2.05) is 0 Å². The van der Waals surface area contributed by atoms with Crippen molar-refractivity contribution in [2.45, 2.75) is 111 Å². The summed E-state index contributed by atoms with van der Waals surface area (Å²) in [6.45, 7) is 11.0. The quantitative estimate of drug-likeness (QED) is 0.447. The maximum absolute atomic E-state index is 10.5. The molecule has 0 aliphatic carbocycles. The van der Waals surface area contributed by atoms with E-state index < -0.39 is 0 Å². The fourth-order valence-electron chi connectivity index (χ4n) is 3.16. The highest BCUT2D eigenvalue weighted by Gasteiger charge is 2.21. The Morgan fingerprint density at radius 2 is 1.22 bits per heavy atom. The highest BCUT2D eigenvalue weighted by atomic mass is 16.3. The molecule has 0 heterocycles. The van der Waals surface area contributed by atoms with Gasteiger partial charge in [-0.2, -0.15) is 0 Å². The lowest BCUT2D eigenvalue weighted by Gasteiger charge is -2.26. The summed E-state index contributed by atoms with van der Waals surface area (Å²) in [7, 11) is 0. The first kappa shape index (κ1) is 22.6. The van der Waals surface area contributed by atoms with E-state index in [9.17, 15) is 15.0 Å². The second kappa shape index (κ2) is 11.2. The molecule has 0 aromatic carbocycles. The van der Waals surface area contributed by atoms with Crippen LogP contribution >= 0.6 is 0 Å². The Morgan fingerprint density at radius 1 is 0.783 bits per heavy atom. The fraction of sp³-hybridized carbons (Fsp3) is 0.950. The van der Waals surface area contributed by atoms with Gasteiger partial charge in [0.05, 0.1) is 12.2 Å². The number of rotatable bonds is 14. The normalized spacial score (nSPS) is 15.4. The third-order valence-electron chi connectivity index (χ3n) is 5.01. The molecule has 0 amide bonds. The molecule has 0 spiro atoms. The van der Waals surface area contributed by atoms with E-state index in [1.54, 1.807) is 0 Å². The van der Waals surface area contributed by atoms with Crippen LogP contribution in [-0.4, -0.2) is 28.7 Å². The van der Waals surface area contributed by atoms with Crippen molar-refractivity contribution in [3.05, 3.63) is 0 Å². The zero-order chi connectivity index (χ0) is 17.9. The minimum absolute atomic E-state index is 0.102. The van der Waals surface area contributed by atoms with Gasteiger partial charge in [-0.25, -0.2) is 0 Å². The number of carbonyl (C=O) groups is 1. The van der Waals surface area contributed by atoms with E-state index in [0.29, 0.717) is 24.7 Å². The molecule has 3 nitrogen and oxygen atoms in total. The molecule has 0 aliphatic heterocycles. The average Bonchev–Trinajstić information content (AvgIpc) is 2.47. The molecule has 2 unspecified atom stereocenters. The molecule has 0 fully saturated rings. The van der Waals surface area contributed by atoms with Crippen molar-refractivity contribution in [1.82, 2.24) is 0 Å². The number of hydrogen-bond acceptors (Lipinski definition) is 3. The van der Waals surface area contributed by atoms with E-state index in [4.69, 9.17) is 0 Å². The van der Waals surface area contributed by atoms with E-state index >= 15 is 0 Å². The Labute approximate surface area is 143 Å². The SMILES string of the molecule is CCCC(C)(C)CCC(O)CCC(O)CCC(C)(C)CCC=O. The smallest absolute Gasteiger partial charge is 0.120 e. The molecular formula is C20H40O3. The van der Waals surface area contributed by atoms with Crippen molar-refractivity contribution in [3.8, 4) is 0 Å². The van der Waals surface area contributed by atoms with Gasteiger partial charge in [-0.3, -0.25) is 0 Å². The van der Waals surface area contributed by atoms with Crippen molar-refractivity contribution in [2.24, 2.45) is 10.8 Å². The summed E-state index contributed by atoms with van der Waals surface area (Å²) in [5.74, 6) is 0. The number of aliphatic hydroxyl groups is 2. The molecule has 0 bridgehead atoms. The number of aldehydes is 1. The van der Waals surface area contributed by atoms with Crippen LogP contribution in [0.25, 0.3) is 0 Å². The van der Waals surface area contributed by atoms with Gasteiger partial charge in [0.1, 0.15) is 6.29 Å². The number of carbonyl (C=O) groups excluding carboxylic acids is 1. The minimum atomic E-state index is -0.344. The van der Waals surface area contributed by atoms with Gasteiger partial charge in [-0.05, 0) is 62.2 Å². The number of aliphatic hydroxyl groups excluding tert-OH is 2. The summed E-state index contributed by atoms with van der Waals surface area (Å²) in [6.07, 6.45) is 9.04. The molecule has 2 N–H and O–H groups in total. The van der Waals surface area contributed by atoms with Gasteiger partial charge >= 0.3 is 0 Å². The summed E-state index contributed by atoms with van der Waals surface area (Å²) >= 11 is 0. The highest BCUT2D eigenvalue weighted by molar-refractivity contribution is 5.49. The molecule has 0 saturated carbocycles. The molecule has 3 heteroatoms. The van der Waals surface area contributed by atoms with Crippen LogP contribution in [0, 0.1) is 10.8 Å². The topological polar surface area (TPSA) is 57.5 Å². The molecule has 0 rings (SSSR count). The van der Waals surface area contributed by atoms with Crippen molar-refractivity contribution >= 4 is 6.29 Å². The van der Waals surface area contributed by atoms with Gasteiger partial charge in [0.2, 0.25) is 0 Å². The Kier molecular flexibility index (Phi) is 11.0. The Bertz CT molecular complexity index is 310. The lowest BCUT2D eigenvalue weighted by atomic mass is 9.81. The van der Waals surface area contributed by atoms with E-state index in [-0.39, 0.29) is 17.6 Å². The molecule has 0 radical (unpaired) electrons. The lowest BCUT2D eigenvalue weighted by molar-refractivity contribution is -0.108. The minimum Gasteiger partial charge on any atom is -0.393 e. The first-order chi connectivity index (χ1) is 10.6. The van der Waals surface area contributed by atoms with Crippen LogP contribution in [0.3, 0.4) is 0 Å². The Balaban J connectivity index is 3.91. The summed E-state index contributed by atoms with van der Waals surface area (Å²) in [4.78, 5) is 10.5. The molecule has 0 aromatic rings. The summed E-state index contributed by atoms with van der Waals surface area (Å²) in [5, 5.41) is 20.2. The van der Waals surface area contributed by atoms with Gasteiger partial charge in [0.25, 0.3) is 0 Å². The van der Waals surface area contributed by atoms with Gasteiger partial charge < -0.3 is 15.0 Å². The van der Waals surface area contributed by atoms with Crippen LogP contribution in [0.4, 0.5) is 0 Å². The average molecular weight is 329 g/mol. The molecule has 0 aliphatic rings. The zero-order valence-electron chi connectivity index (χ0n) is 16.1. The van der Waals surface area contributed by atoms with E-state index in [2.05, 4.69) is 34.6 Å². The van der Waals surface area contributed by atoms with Crippen LogP contribution < -0.4 is 0 Å². The maximum atomic E-state index is 10.5. The summed E-state index contributed by atoms with van der Waals surface area (Å²) in [6, 6.07) is 0. The van der Waals surface area contributed by atoms with Crippen molar-refractivity contribution in [3.63, 3.8) is 0 Å². The van der Waals surface area contributed by atoms with Gasteiger partial charge in [0.15, 0.2) is 0 Å². The molecule has 0 aromatic heterocycles.